The third kappa shape index (κ3) is 3.95. The summed E-state index contributed by atoms with van der Waals surface area (Å²) in [5, 5.41) is 5.85. The van der Waals surface area contributed by atoms with Crippen molar-refractivity contribution < 1.29 is 0 Å². The van der Waals surface area contributed by atoms with Crippen LogP contribution in [-0.4, -0.2) is 49.4 Å². The summed E-state index contributed by atoms with van der Waals surface area (Å²) >= 11 is 0. The van der Waals surface area contributed by atoms with Gasteiger partial charge in [0.25, 0.3) is 0 Å². The first-order valence-electron chi connectivity index (χ1n) is 15.0. The predicted molar refractivity (Wildman–Crippen MR) is 182 cm³/mol. The lowest BCUT2D eigenvalue weighted by atomic mass is 10.1. The van der Waals surface area contributed by atoms with Gasteiger partial charge in [-0.2, -0.15) is 9.97 Å². The van der Waals surface area contributed by atoms with E-state index >= 15 is 0 Å². The highest BCUT2D eigenvalue weighted by molar-refractivity contribution is 6.06. The van der Waals surface area contributed by atoms with Gasteiger partial charge in [0.2, 0.25) is 5.95 Å². The van der Waals surface area contributed by atoms with Gasteiger partial charge in [0.15, 0.2) is 11.6 Å². The van der Waals surface area contributed by atoms with Crippen LogP contribution >= 0.6 is 0 Å². The number of hydrogen-bond acceptors (Lipinski definition) is 9. The molecule has 0 aliphatic rings. The minimum atomic E-state index is 0.360. The first kappa shape index (κ1) is 25.5. The maximum Gasteiger partial charge on any atom is 0.241 e. The number of benzene rings is 2. The van der Waals surface area contributed by atoms with E-state index in [9.17, 15) is 0 Å². The number of fused-ring (bicyclic) bond motifs is 9. The third-order valence-electron chi connectivity index (χ3n) is 8.43. The average molecular weight is 605 g/mol. The average Bonchev–Trinajstić information content (AvgIpc) is 3.48. The second-order valence-corrected chi connectivity index (χ2v) is 11.2. The minimum absolute atomic E-state index is 0.360. The molecule has 0 spiro atoms. The predicted octanol–water partition coefficient (Wildman–Crippen LogP) is 7.29. The van der Waals surface area contributed by atoms with Crippen molar-refractivity contribution in [3.05, 3.63) is 122 Å². The van der Waals surface area contributed by atoms with Crippen molar-refractivity contribution in [2.75, 3.05) is 0 Å². The Bertz CT molecular complexity index is 2690. The number of pyridine rings is 6. The highest BCUT2D eigenvalue weighted by atomic mass is 15.2. The van der Waals surface area contributed by atoms with Gasteiger partial charge in [0, 0.05) is 57.1 Å². The molecule has 218 valence electrons. The Kier molecular flexibility index (Phi) is 5.34. The molecule has 0 aliphatic carbocycles. The fourth-order valence-corrected chi connectivity index (χ4v) is 6.25. The highest BCUT2D eigenvalue weighted by Crippen LogP contribution is 2.31. The summed E-state index contributed by atoms with van der Waals surface area (Å²) in [7, 11) is 0. The summed E-state index contributed by atoms with van der Waals surface area (Å²) < 4.78 is 1.87. The van der Waals surface area contributed by atoms with Gasteiger partial charge in [0.1, 0.15) is 22.7 Å². The zero-order valence-corrected chi connectivity index (χ0v) is 24.5. The van der Waals surface area contributed by atoms with Crippen LogP contribution in [0.15, 0.2) is 122 Å². The van der Waals surface area contributed by atoms with E-state index in [1.807, 2.05) is 89.5 Å². The number of aromatic nitrogens is 10. The quantitative estimate of drug-likeness (QED) is 0.191. The van der Waals surface area contributed by atoms with Crippen LogP contribution < -0.4 is 0 Å². The summed E-state index contributed by atoms with van der Waals surface area (Å²) in [5.74, 6) is 1.14. The van der Waals surface area contributed by atoms with E-state index in [0.29, 0.717) is 40.3 Å². The molecule has 2 aromatic carbocycles. The van der Waals surface area contributed by atoms with Gasteiger partial charge >= 0.3 is 0 Å². The first-order valence-corrected chi connectivity index (χ1v) is 15.0. The Morgan fingerprint density at radius 1 is 0.362 bits per heavy atom. The summed E-state index contributed by atoms with van der Waals surface area (Å²) in [4.78, 5) is 43.8. The van der Waals surface area contributed by atoms with Crippen molar-refractivity contribution in [3.8, 4) is 29.0 Å². The summed E-state index contributed by atoms with van der Waals surface area (Å²) in [6.45, 7) is 0. The lowest BCUT2D eigenvalue weighted by Crippen LogP contribution is -2.08. The van der Waals surface area contributed by atoms with Crippen LogP contribution in [0.1, 0.15) is 0 Å². The van der Waals surface area contributed by atoms with E-state index in [0.717, 1.165) is 54.4 Å². The minimum Gasteiger partial charge on any atom is -0.254 e. The second-order valence-electron chi connectivity index (χ2n) is 11.2. The van der Waals surface area contributed by atoms with Gasteiger partial charge in [-0.1, -0.05) is 48.5 Å². The van der Waals surface area contributed by atoms with Crippen LogP contribution in [0, 0.1) is 0 Å². The molecule has 10 aromatic rings. The molecule has 8 aromatic heterocycles. The Morgan fingerprint density at radius 3 is 1.30 bits per heavy atom. The molecule has 0 fully saturated rings. The SMILES string of the molecule is c1cnc2c(c1)ccc1ccc(-c3nc(-c4ccc5ccc6cccnc6c5n4)nc(-n4c5ncccc5c5cccnc54)n3)nc12. The van der Waals surface area contributed by atoms with Crippen molar-refractivity contribution in [1.82, 2.24) is 49.4 Å². The molecule has 0 N–H and O–H groups in total. The van der Waals surface area contributed by atoms with E-state index in [4.69, 9.17) is 34.9 Å². The summed E-state index contributed by atoms with van der Waals surface area (Å²) in [5.41, 5.74) is 5.70. The van der Waals surface area contributed by atoms with Gasteiger partial charge in [-0.25, -0.2) is 29.5 Å². The van der Waals surface area contributed by atoms with Crippen molar-refractivity contribution in [3.63, 3.8) is 0 Å². The molecule has 8 heterocycles. The fraction of sp³-hybridized carbons (Fsp3) is 0. The molecule has 0 aliphatic heterocycles. The lowest BCUT2D eigenvalue weighted by molar-refractivity contribution is 0.928. The highest BCUT2D eigenvalue weighted by Gasteiger charge is 2.20. The molecule has 0 radical (unpaired) electrons. The standard InChI is InChI=1S/C37H20N10/c1-5-21-9-11-23-13-15-27(42-31(23)29(21)38-17-1)33-44-34(28-16-14-24-12-10-22-6-2-18-39-30(22)32(24)43-28)46-37(45-33)47-35-25(7-3-19-40-35)26-8-4-20-41-36(26)47/h1-20H. The largest absolute Gasteiger partial charge is 0.254 e. The Hall–Kier alpha value is -6.81. The van der Waals surface area contributed by atoms with Crippen LogP contribution in [-0.2, 0) is 0 Å². The van der Waals surface area contributed by atoms with Crippen LogP contribution in [0.3, 0.4) is 0 Å². The first-order chi connectivity index (χ1) is 23.3. The van der Waals surface area contributed by atoms with Gasteiger partial charge in [-0.05, 0) is 48.5 Å². The van der Waals surface area contributed by atoms with Crippen LogP contribution in [0.25, 0.3) is 94.7 Å². The molecule has 10 nitrogen and oxygen atoms in total. The third-order valence-corrected chi connectivity index (χ3v) is 8.43. The second kappa shape index (κ2) is 9.85. The molecular formula is C37H20N10. The normalized spacial score (nSPS) is 11.8. The van der Waals surface area contributed by atoms with Crippen molar-refractivity contribution in [2.24, 2.45) is 0 Å². The van der Waals surface area contributed by atoms with Gasteiger partial charge in [-0.15, -0.1) is 0 Å². The van der Waals surface area contributed by atoms with Gasteiger partial charge in [-0.3, -0.25) is 9.97 Å². The summed E-state index contributed by atoms with van der Waals surface area (Å²) in [6.07, 6.45) is 7.07. The smallest absolute Gasteiger partial charge is 0.241 e. The number of hydrogen-bond donors (Lipinski definition) is 0. The Morgan fingerprint density at radius 2 is 0.787 bits per heavy atom. The molecule has 0 atom stereocenters. The maximum atomic E-state index is 5.06. The lowest BCUT2D eigenvalue weighted by Gasteiger charge is -2.11. The monoisotopic (exact) mass is 604 g/mol. The zero-order chi connectivity index (χ0) is 30.9. The Balaban J connectivity index is 1.27. The zero-order valence-electron chi connectivity index (χ0n) is 24.5. The van der Waals surface area contributed by atoms with E-state index in [1.54, 1.807) is 24.8 Å². The maximum absolute atomic E-state index is 5.06. The van der Waals surface area contributed by atoms with E-state index in [-0.39, 0.29) is 0 Å². The van der Waals surface area contributed by atoms with E-state index < -0.39 is 0 Å². The molecule has 0 saturated heterocycles. The number of nitrogens with zero attached hydrogens (tertiary/aromatic N) is 10. The van der Waals surface area contributed by atoms with Gasteiger partial charge < -0.3 is 0 Å². The van der Waals surface area contributed by atoms with Crippen molar-refractivity contribution in [1.29, 1.82) is 0 Å². The molecule has 10 rings (SSSR count). The van der Waals surface area contributed by atoms with Crippen molar-refractivity contribution >= 4 is 65.7 Å². The molecule has 0 saturated carbocycles. The Labute approximate surface area is 265 Å². The van der Waals surface area contributed by atoms with E-state index in [1.165, 1.54) is 0 Å². The van der Waals surface area contributed by atoms with Crippen LogP contribution in [0.5, 0.6) is 0 Å². The van der Waals surface area contributed by atoms with Crippen LogP contribution in [0.4, 0.5) is 0 Å². The topological polar surface area (TPSA) is 121 Å². The number of rotatable bonds is 3. The molecule has 0 bridgehead atoms. The van der Waals surface area contributed by atoms with Crippen molar-refractivity contribution in [2.45, 2.75) is 0 Å². The van der Waals surface area contributed by atoms with Gasteiger partial charge in [0.05, 0.1) is 22.1 Å². The molecule has 0 amide bonds. The van der Waals surface area contributed by atoms with Crippen LogP contribution in [0.2, 0.25) is 0 Å². The molecule has 47 heavy (non-hydrogen) atoms. The molecular weight excluding hydrogens is 584 g/mol. The molecule has 0 unspecified atom stereocenters. The summed E-state index contributed by atoms with van der Waals surface area (Å²) in [6, 6.07) is 31.9. The fourth-order valence-electron chi connectivity index (χ4n) is 6.25. The van der Waals surface area contributed by atoms with E-state index in [2.05, 4.69) is 22.1 Å². The molecule has 10 heteroatoms.